The molecule has 2 aliphatic heterocycles. The lowest BCUT2D eigenvalue weighted by Crippen LogP contribution is -2.44. The van der Waals surface area contributed by atoms with E-state index in [1.54, 1.807) is 0 Å². The van der Waals surface area contributed by atoms with Crippen LogP contribution in [0.2, 0.25) is 0 Å². The third-order valence-electron chi connectivity index (χ3n) is 4.98. The summed E-state index contributed by atoms with van der Waals surface area (Å²) in [6.07, 6.45) is 7.50. The molecule has 0 aromatic carbocycles. The molecule has 2 saturated heterocycles. The van der Waals surface area contributed by atoms with Crippen molar-refractivity contribution in [3.8, 4) is 0 Å². The van der Waals surface area contributed by atoms with Crippen molar-refractivity contribution < 1.29 is 14.7 Å². The maximum Gasteiger partial charge on any atom is 0.303 e. The Hall–Kier alpha value is -1.10. The van der Waals surface area contributed by atoms with Crippen molar-refractivity contribution >= 4 is 11.9 Å². The average Bonchev–Trinajstić information content (AvgIpc) is 3.13. The Morgan fingerprint density at radius 1 is 1.10 bits per heavy atom. The van der Waals surface area contributed by atoms with Crippen LogP contribution < -0.4 is 5.32 Å². The lowest BCUT2D eigenvalue weighted by Gasteiger charge is -2.38. The van der Waals surface area contributed by atoms with Crippen molar-refractivity contribution in [1.82, 2.24) is 10.2 Å². The number of carbonyl (C=O) groups excluding carboxylic acids is 1. The number of carboxylic acids is 1. The molecule has 1 saturated carbocycles. The summed E-state index contributed by atoms with van der Waals surface area (Å²) in [5, 5.41) is 12.0. The summed E-state index contributed by atoms with van der Waals surface area (Å²) in [7, 11) is 0. The number of carboxylic acid groups (broad SMARTS) is 1. The van der Waals surface area contributed by atoms with Gasteiger partial charge in [0.1, 0.15) is 0 Å². The topological polar surface area (TPSA) is 69.6 Å². The summed E-state index contributed by atoms with van der Waals surface area (Å²) in [5.41, 5.74) is 0. The van der Waals surface area contributed by atoms with Crippen molar-refractivity contribution in [2.24, 2.45) is 5.92 Å². The Morgan fingerprint density at radius 3 is 2.30 bits per heavy atom. The lowest BCUT2D eigenvalue weighted by atomic mass is 9.88. The molecule has 0 aromatic rings. The summed E-state index contributed by atoms with van der Waals surface area (Å²) in [5.74, 6) is -0.159. The molecule has 1 amide bonds. The van der Waals surface area contributed by atoms with E-state index in [1.807, 2.05) is 0 Å². The molecular weight excluding hydrogens is 256 g/mol. The van der Waals surface area contributed by atoms with E-state index in [0.717, 1.165) is 32.2 Å². The molecule has 3 fully saturated rings. The molecule has 5 heteroatoms. The monoisotopic (exact) mass is 280 g/mol. The van der Waals surface area contributed by atoms with Crippen molar-refractivity contribution in [2.75, 3.05) is 6.54 Å². The van der Waals surface area contributed by atoms with Crippen molar-refractivity contribution in [3.63, 3.8) is 0 Å². The molecule has 3 aliphatic rings. The fraction of sp³-hybridized carbons (Fsp3) is 0.867. The highest BCUT2D eigenvalue weighted by Crippen LogP contribution is 2.39. The SMILES string of the molecule is O=C(O)CC1CC2CCC(C1)N2CCC(=O)NC1CC1. The Bertz CT molecular complexity index is 381. The fourth-order valence-corrected chi connectivity index (χ4v) is 3.92. The van der Waals surface area contributed by atoms with E-state index in [4.69, 9.17) is 5.11 Å². The third-order valence-corrected chi connectivity index (χ3v) is 4.98. The van der Waals surface area contributed by atoms with Gasteiger partial charge in [0.05, 0.1) is 0 Å². The first-order valence-corrected chi connectivity index (χ1v) is 7.88. The second kappa shape index (κ2) is 5.72. The van der Waals surface area contributed by atoms with E-state index >= 15 is 0 Å². The van der Waals surface area contributed by atoms with Gasteiger partial charge >= 0.3 is 5.97 Å². The van der Waals surface area contributed by atoms with Crippen molar-refractivity contribution in [1.29, 1.82) is 0 Å². The van der Waals surface area contributed by atoms with Gasteiger partial charge in [-0.15, -0.1) is 0 Å². The van der Waals surface area contributed by atoms with Gasteiger partial charge in [0.15, 0.2) is 0 Å². The maximum atomic E-state index is 11.8. The predicted molar refractivity (Wildman–Crippen MR) is 74.3 cm³/mol. The number of hydrogen-bond acceptors (Lipinski definition) is 3. The Morgan fingerprint density at radius 2 is 1.75 bits per heavy atom. The molecule has 2 bridgehead atoms. The Kier molecular flexibility index (Phi) is 3.96. The van der Waals surface area contributed by atoms with Gasteiger partial charge in [-0.25, -0.2) is 0 Å². The number of rotatable bonds is 6. The number of hydrogen-bond donors (Lipinski definition) is 2. The first-order valence-electron chi connectivity index (χ1n) is 7.88. The van der Waals surface area contributed by atoms with Crippen LogP contribution in [0.15, 0.2) is 0 Å². The van der Waals surface area contributed by atoms with Gasteiger partial charge in [-0.05, 0) is 44.4 Å². The summed E-state index contributed by atoms with van der Waals surface area (Å²) in [6.45, 7) is 0.841. The standard InChI is InChI=1S/C15H24N2O3/c18-14(16-11-1-2-11)5-6-17-12-3-4-13(17)8-10(7-12)9-15(19)20/h10-13H,1-9H2,(H,16,18)(H,19,20). The molecular formula is C15H24N2O3. The number of amides is 1. The molecule has 5 nitrogen and oxygen atoms in total. The van der Waals surface area contributed by atoms with E-state index in [-0.39, 0.29) is 5.91 Å². The van der Waals surface area contributed by atoms with Crippen LogP contribution in [0.1, 0.15) is 51.4 Å². The minimum absolute atomic E-state index is 0.180. The van der Waals surface area contributed by atoms with Crippen LogP contribution in [-0.4, -0.2) is 46.6 Å². The highest BCUT2D eigenvalue weighted by Gasteiger charge is 2.40. The molecule has 2 unspecified atom stereocenters. The zero-order valence-corrected chi connectivity index (χ0v) is 11.9. The number of nitrogens with one attached hydrogen (secondary N) is 1. The average molecular weight is 280 g/mol. The molecule has 2 atom stereocenters. The van der Waals surface area contributed by atoms with Crippen LogP contribution in [-0.2, 0) is 9.59 Å². The number of fused-ring (bicyclic) bond motifs is 2. The summed E-state index contributed by atoms with van der Waals surface area (Å²) in [6, 6.07) is 1.46. The summed E-state index contributed by atoms with van der Waals surface area (Å²) < 4.78 is 0. The first-order chi connectivity index (χ1) is 9.61. The molecule has 2 N–H and O–H groups in total. The van der Waals surface area contributed by atoms with Crippen LogP contribution in [0.5, 0.6) is 0 Å². The highest BCUT2D eigenvalue weighted by molar-refractivity contribution is 5.76. The van der Waals surface area contributed by atoms with Crippen LogP contribution in [0.3, 0.4) is 0 Å². The molecule has 1 aliphatic carbocycles. The van der Waals surface area contributed by atoms with Gasteiger partial charge < -0.3 is 10.4 Å². The lowest BCUT2D eigenvalue weighted by molar-refractivity contribution is -0.138. The van der Waals surface area contributed by atoms with Gasteiger partial charge in [-0.3, -0.25) is 14.5 Å². The largest absolute Gasteiger partial charge is 0.481 e. The Labute approximate surface area is 119 Å². The summed E-state index contributed by atoms with van der Waals surface area (Å²) in [4.78, 5) is 25.1. The molecule has 0 aromatic heterocycles. The number of nitrogens with zero attached hydrogens (tertiary/aromatic N) is 1. The predicted octanol–water partition coefficient (Wildman–Crippen LogP) is 1.37. The fourth-order valence-electron chi connectivity index (χ4n) is 3.92. The number of piperidine rings is 1. The highest BCUT2D eigenvalue weighted by atomic mass is 16.4. The molecule has 20 heavy (non-hydrogen) atoms. The second-order valence-electron chi connectivity index (χ2n) is 6.65. The number of aliphatic carboxylic acids is 1. The third kappa shape index (κ3) is 3.32. The zero-order chi connectivity index (χ0) is 14.1. The van der Waals surface area contributed by atoms with E-state index in [0.29, 0.717) is 36.9 Å². The van der Waals surface area contributed by atoms with Crippen LogP contribution in [0.25, 0.3) is 0 Å². The van der Waals surface area contributed by atoms with Gasteiger partial charge in [0.2, 0.25) is 5.91 Å². The molecule has 0 radical (unpaired) electrons. The minimum atomic E-state index is -0.674. The van der Waals surface area contributed by atoms with E-state index in [9.17, 15) is 9.59 Å². The molecule has 2 heterocycles. The van der Waals surface area contributed by atoms with E-state index in [2.05, 4.69) is 10.2 Å². The molecule has 3 rings (SSSR count). The minimum Gasteiger partial charge on any atom is -0.481 e. The van der Waals surface area contributed by atoms with E-state index in [1.165, 1.54) is 12.8 Å². The maximum absolute atomic E-state index is 11.8. The van der Waals surface area contributed by atoms with Crippen molar-refractivity contribution in [2.45, 2.75) is 69.5 Å². The van der Waals surface area contributed by atoms with Gasteiger partial charge in [-0.2, -0.15) is 0 Å². The number of carbonyl (C=O) groups is 2. The van der Waals surface area contributed by atoms with Gasteiger partial charge in [0.25, 0.3) is 0 Å². The Balaban J connectivity index is 1.46. The molecule has 0 spiro atoms. The quantitative estimate of drug-likeness (QED) is 0.771. The van der Waals surface area contributed by atoms with Crippen LogP contribution >= 0.6 is 0 Å². The second-order valence-corrected chi connectivity index (χ2v) is 6.65. The van der Waals surface area contributed by atoms with Crippen molar-refractivity contribution in [3.05, 3.63) is 0 Å². The van der Waals surface area contributed by atoms with Gasteiger partial charge in [0, 0.05) is 37.5 Å². The zero-order valence-electron chi connectivity index (χ0n) is 11.9. The van der Waals surface area contributed by atoms with E-state index < -0.39 is 5.97 Å². The van der Waals surface area contributed by atoms with Crippen LogP contribution in [0, 0.1) is 5.92 Å². The van der Waals surface area contributed by atoms with Gasteiger partial charge in [-0.1, -0.05) is 0 Å². The normalized spacial score (nSPS) is 33.1. The van der Waals surface area contributed by atoms with Crippen LogP contribution in [0.4, 0.5) is 0 Å². The first kappa shape index (κ1) is 13.9. The smallest absolute Gasteiger partial charge is 0.303 e. The summed E-state index contributed by atoms with van der Waals surface area (Å²) >= 11 is 0. The molecule has 112 valence electrons.